The number of carbonyl (C=O) groups excluding carboxylic acids is 1. The number of rotatable bonds is 6. The highest BCUT2D eigenvalue weighted by atomic mass is 35.5. The van der Waals surface area contributed by atoms with Crippen molar-refractivity contribution >= 4 is 17.5 Å². The van der Waals surface area contributed by atoms with E-state index in [1.807, 2.05) is 24.3 Å². The van der Waals surface area contributed by atoms with Gasteiger partial charge in [0.05, 0.1) is 7.11 Å². The molecule has 3 nitrogen and oxygen atoms in total. The summed E-state index contributed by atoms with van der Waals surface area (Å²) in [6.45, 7) is 0.641. The molecule has 4 heteroatoms. The fourth-order valence-electron chi connectivity index (χ4n) is 1.31. The number of hydrogen-bond acceptors (Lipinski definition) is 2. The van der Waals surface area contributed by atoms with Crippen molar-refractivity contribution in [3.05, 3.63) is 29.8 Å². The van der Waals surface area contributed by atoms with Gasteiger partial charge in [-0.25, -0.2) is 0 Å². The van der Waals surface area contributed by atoms with Gasteiger partial charge >= 0.3 is 0 Å². The molecule has 16 heavy (non-hydrogen) atoms. The van der Waals surface area contributed by atoms with E-state index in [9.17, 15) is 4.79 Å². The minimum atomic E-state index is 0.00325. The zero-order chi connectivity index (χ0) is 11.8. The van der Waals surface area contributed by atoms with Gasteiger partial charge in [-0.05, 0) is 24.1 Å². The van der Waals surface area contributed by atoms with Crippen LogP contribution in [0.5, 0.6) is 5.75 Å². The van der Waals surface area contributed by atoms with Gasteiger partial charge in [0.25, 0.3) is 0 Å². The van der Waals surface area contributed by atoms with Crippen molar-refractivity contribution in [1.29, 1.82) is 0 Å². The zero-order valence-electron chi connectivity index (χ0n) is 9.33. The van der Waals surface area contributed by atoms with E-state index in [2.05, 4.69) is 5.32 Å². The van der Waals surface area contributed by atoms with E-state index in [4.69, 9.17) is 16.3 Å². The third-order valence-electron chi connectivity index (χ3n) is 2.22. The summed E-state index contributed by atoms with van der Waals surface area (Å²) in [5.41, 5.74) is 1.17. The van der Waals surface area contributed by atoms with Gasteiger partial charge in [-0.2, -0.15) is 0 Å². The maximum atomic E-state index is 11.1. The van der Waals surface area contributed by atoms with E-state index >= 15 is 0 Å². The molecule has 0 bridgehead atoms. The summed E-state index contributed by atoms with van der Waals surface area (Å²) in [4.78, 5) is 11.1. The van der Waals surface area contributed by atoms with E-state index in [0.29, 0.717) is 18.8 Å². The summed E-state index contributed by atoms with van der Waals surface area (Å²) >= 11 is 5.45. The van der Waals surface area contributed by atoms with Gasteiger partial charge in [0, 0.05) is 18.8 Å². The fraction of sp³-hybridized carbons (Fsp3) is 0.417. The van der Waals surface area contributed by atoms with Gasteiger partial charge in [-0.3, -0.25) is 4.79 Å². The van der Waals surface area contributed by atoms with Crippen molar-refractivity contribution < 1.29 is 9.53 Å². The molecule has 0 saturated heterocycles. The summed E-state index contributed by atoms with van der Waals surface area (Å²) in [5.74, 6) is 1.22. The molecule has 88 valence electrons. The summed E-state index contributed by atoms with van der Waals surface area (Å²) in [7, 11) is 1.64. The van der Waals surface area contributed by atoms with Crippen LogP contribution in [0.2, 0.25) is 0 Å². The number of carbonyl (C=O) groups is 1. The van der Waals surface area contributed by atoms with E-state index in [1.54, 1.807) is 7.11 Å². The lowest BCUT2D eigenvalue weighted by molar-refractivity contribution is -0.120. The second-order valence-electron chi connectivity index (χ2n) is 3.39. The Balaban J connectivity index is 2.29. The van der Waals surface area contributed by atoms with Gasteiger partial charge in [-0.1, -0.05) is 12.1 Å². The van der Waals surface area contributed by atoms with E-state index in [0.717, 1.165) is 12.2 Å². The van der Waals surface area contributed by atoms with Gasteiger partial charge in [0.15, 0.2) is 0 Å². The van der Waals surface area contributed by atoms with E-state index in [-0.39, 0.29) is 5.91 Å². The molecule has 0 atom stereocenters. The quantitative estimate of drug-likeness (QED) is 0.774. The van der Waals surface area contributed by atoms with Crippen LogP contribution in [-0.4, -0.2) is 25.4 Å². The molecule has 1 N–H and O–H groups in total. The summed E-state index contributed by atoms with van der Waals surface area (Å²) in [5, 5.41) is 2.81. The van der Waals surface area contributed by atoms with E-state index in [1.165, 1.54) is 5.56 Å². The lowest BCUT2D eigenvalue weighted by Gasteiger charge is -2.05. The normalized spacial score (nSPS) is 9.88. The molecule has 0 aromatic heterocycles. The van der Waals surface area contributed by atoms with Crippen LogP contribution in [0.4, 0.5) is 0 Å². The summed E-state index contributed by atoms with van der Waals surface area (Å²) in [6, 6.07) is 7.81. The number of ether oxygens (including phenoxy) is 1. The minimum Gasteiger partial charge on any atom is -0.497 e. The van der Waals surface area contributed by atoms with Gasteiger partial charge in [0.2, 0.25) is 5.91 Å². The minimum absolute atomic E-state index is 0.00325. The summed E-state index contributed by atoms with van der Waals surface area (Å²) < 4.78 is 5.06. The van der Waals surface area contributed by atoms with Crippen molar-refractivity contribution in [2.45, 2.75) is 12.8 Å². The number of hydrogen-bond donors (Lipinski definition) is 1. The van der Waals surface area contributed by atoms with Crippen molar-refractivity contribution in [3.8, 4) is 5.75 Å². The Morgan fingerprint density at radius 2 is 2.06 bits per heavy atom. The number of halogens is 1. The molecular formula is C12H16ClNO2. The second-order valence-corrected chi connectivity index (χ2v) is 3.76. The first-order valence-electron chi connectivity index (χ1n) is 5.22. The van der Waals surface area contributed by atoms with Crippen molar-refractivity contribution in [3.63, 3.8) is 0 Å². The molecule has 0 aliphatic carbocycles. The van der Waals surface area contributed by atoms with Crippen LogP contribution in [0.25, 0.3) is 0 Å². The predicted octanol–water partition coefficient (Wildman–Crippen LogP) is 1.98. The van der Waals surface area contributed by atoms with Crippen molar-refractivity contribution in [2.75, 3.05) is 19.5 Å². The first kappa shape index (κ1) is 12.8. The Morgan fingerprint density at radius 1 is 1.38 bits per heavy atom. The average molecular weight is 242 g/mol. The first-order valence-corrected chi connectivity index (χ1v) is 5.75. The van der Waals surface area contributed by atoms with Crippen molar-refractivity contribution in [1.82, 2.24) is 5.32 Å². The number of methoxy groups -OCH3 is 1. The number of amides is 1. The number of nitrogens with one attached hydrogen (secondary N) is 1. The molecular weight excluding hydrogens is 226 g/mol. The molecule has 0 aliphatic rings. The van der Waals surface area contributed by atoms with Crippen molar-refractivity contribution in [2.24, 2.45) is 0 Å². The SMILES string of the molecule is COc1ccc(CCNC(=O)CCCl)cc1. The largest absolute Gasteiger partial charge is 0.497 e. The van der Waals surface area contributed by atoms with Crippen LogP contribution in [-0.2, 0) is 11.2 Å². The monoisotopic (exact) mass is 241 g/mol. The highest BCUT2D eigenvalue weighted by Gasteiger charge is 1.99. The highest BCUT2D eigenvalue weighted by Crippen LogP contribution is 2.11. The lowest BCUT2D eigenvalue weighted by atomic mass is 10.1. The highest BCUT2D eigenvalue weighted by molar-refractivity contribution is 6.18. The summed E-state index contributed by atoms with van der Waals surface area (Å²) in [6.07, 6.45) is 1.20. The van der Waals surface area contributed by atoms with Gasteiger partial charge < -0.3 is 10.1 Å². The lowest BCUT2D eigenvalue weighted by Crippen LogP contribution is -2.25. The topological polar surface area (TPSA) is 38.3 Å². The Labute approximate surface area is 101 Å². The van der Waals surface area contributed by atoms with Crippen LogP contribution in [0, 0.1) is 0 Å². The molecule has 1 rings (SSSR count). The molecule has 1 amide bonds. The third kappa shape index (κ3) is 4.53. The standard InChI is InChI=1S/C12H16ClNO2/c1-16-11-4-2-10(3-5-11)7-9-14-12(15)6-8-13/h2-5H,6-9H2,1H3,(H,14,15). The van der Waals surface area contributed by atoms with Gasteiger partial charge in [-0.15, -0.1) is 11.6 Å². The second kappa shape index (κ2) is 7.12. The number of benzene rings is 1. The molecule has 0 spiro atoms. The Bertz CT molecular complexity index is 324. The zero-order valence-corrected chi connectivity index (χ0v) is 10.1. The maximum absolute atomic E-state index is 11.1. The van der Waals surface area contributed by atoms with Crippen LogP contribution < -0.4 is 10.1 Å². The Hall–Kier alpha value is -1.22. The molecule has 0 fully saturated rings. The molecule has 0 saturated carbocycles. The maximum Gasteiger partial charge on any atom is 0.221 e. The smallest absolute Gasteiger partial charge is 0.221 e. The van der Waals surface area contributed by atoms with Crippen LogP contribution in [0.3, 0.4) is 0 Å². The number of alkyl halides is 1. The Kier molecular flexibility index (Phi) is 5.72. The third-order valence-corrected chi connectivity index (χ3v) is 2.41. The molecule has 0 radical (unpaired) electrons. The molecule has 1 aromatic rings. The van der Waals surface area contributed by atoms with Gasteiger partial charge in [0.1, 0.15) is 5.75 Å². The molecule has 1 aromatic carbocycles. The van der Waals surface area contributed by atoms with E-state index < -0.39 is 0 Å². The molecule has 0 aliphatic heterocycles. The van der Waals surface area contributed by atoms with Crippen LogP contribution in [0.15, 0.2) is 24.3 Å². The molecule has 0 heterocycles. The first-order chi connectivity index (χ1) is 7.76. The fourth-order valence-corrected chi connectivity index (χ4v) is 1.48. The van der Waals surface area contributed by atoms with Crippen LogP contribution in [0.1, 0.15) is 12.0 Å². The van der Waals surface area contributed by atoms with Crippen LogP contribution >= 0.6 is 11.6 Å². The Morgan fingerprint density at radius 3 is 2.62 bits per heavy atom. The average Bonchev–Trinajstić information content (AvgIpc) is 2.30. The molecule has 0 unspecified atom stereocenters. The predicted molar refractivity (Wildman–Crippen MR) is 65.0 cm³/mol.